The average molecular weight is 462 g/mol. The Morgan fingerprint density at radius 1 is 1.13 bits per heavy atom. The molecule has 0 aromatic heterocycles. The van der Waals surface area contributed by atoms with E-state index in [0.717, 1.165) is 16.4 Å². The molecule has 1 amide bonds. The number of rotatable bonds is 6. The van der Waals surface area contributed by atoms with Crippen LogP contribution in [0.25, 0.3) is 0 Å². The SMILES string of the molecule is COc1ccc(OC)c(NC(=O)Cc2ccc(NC3=N[C@@H]4CS(=O)(=O)C[C@@H]4S3)cc2)c1. The zero-order valence-corrected chi connectivity index (χ0v) is 18.8. The maximum atomic E-state index is 12.5. The molecule has 31 heavy (non-hydrogen) atoms. The summed E-state index contributed by atoms with van der Waals surface area (Å²) in [4.78, 5) is 17.0. The highest BCUT2D eigenvalue weighted by Crippen LogP contribution is 2.34. The highest BCUT2D eigenvalue weighted by molar-refractivity contribution is 8.15. The molecule has 0 bridgehead atoms. The van der Waals surface area contributed by atoms with Gasteiger partial charge in [0, 0.05) is 17.0 Å². The lowest BCUT2D eigenvalue weighted by atomic mass is 10.1. The number of amidine groups is 1. The first-order valence-electron chi connectivity index (χ1n) is 9.68. The molecule has 2 aliphatic heterocycles. The fraction of sp³-hybridized carbons (Fsp3) is 0.333. The number of thioether (sulfide) groups is 1. The number of benzene rings is 2. The summed E-state index contributed by atoms with van der Waals surface area (Å²) in [5, 5.41) is 6.83. The van der Waals surface area contributed by atoms with Crippen molar-refractivity contribution in [2.24, 2.45) is 4.99 Å². The number of aliphatic imine (C=N–C) groups is 1. The van der Waals surface area contributed by atoms with Crippen molar-refractivity contribution in [1.29, 1.82) is 0 Å². The smallest absolute Gasteiger partial charge is 0.228 e. The fourth-order valence-electron chi connectivity index (χ4n) is 3.54. The fourth-order valence-corrected chi connectivity index (χ4v) is 7.21. The molecule has 2 aliphatic rings. The number of ether oxygens (including phenoxy) is 2. The second-order valence-electron chi connectivity index (χ2n) is 7.35. The maximum absolute atomic E-state index is 12.5. The molecular weight excluding hydrogens is 438 g/mol. The van der Waals surface area contributed by atoms with Gasteiger partial charge in [-0.1, -0.05) is 23.9 Å². The summed E-state index contributed by atoms with van der Waals surface area (Å²) in [6.45, 7) is 0. The predicted octanol–water partition coefficient (Wildman–Crippen LogP) is 2.57. The van der Waals surface area contributed by atoms with Crippen molar-refractivity contribution in [2.45, 2.75) is 17.7 Å². The third-order valence-electron chi connectivity index (χ3n) is 5.07. The molecule has 2 N–H and O–H groups in total. The van der Waals surface area contributed by atoms with Gasteiger partial charge in [-0.3, -0.25) is 9.79 Å². The molecule has 0 aliphatic carbocycles. The molecule has 0 radical (unpaired) electrons. The van der Waals surface area contributed by atoms with E-state index < -0.39 is 9.84 Å². The number of hydrogen-bond acceptors (Lipinski definition) is 8. The van der Waals surface area contributed by atoms with Crippen LogP contribution in [0.2, 0.25) is 0 Å². The Labute approximate surface area is 185 Å². The van der Waals surface area contributed by atoms with Gasteiger partial charge < -0.3 is 20.1 Å². The van der Waals surface area contributed by atoms with E-state index in [0.29, 0.717) is 17.2 Å². The summed E-state index contributed by atoms with van der Waals surface area (Å²) in [6.07, 6.45) is 0.207. The van der Waals surface area contributed by atoms with E-state index in [2.05, 4.69) is 15.6 Å². The first-order chi connectivity index (χ1) is 14.8. The van der Waals surface area contributed by atoms with Gasteiger partial charge in [0.05, 0.1) is 43.9 Å². The Morgan fingerprint density at radius 3 is 2.58 bits per heavy atom. The highest BCUT2D eigenvalue weighted by Gasteiger charge is 2.42. The van der Waals surface area contributed by atoms with E-state index in [-0.39, 0.29) is 35.1 Å². The van der Waals surface area contributed by atoms with Crippen molar-refractivity contribution >= 4 is 44.0 Å². The number of anilines is 2. The van der Waals surface area contributed by atoms with Gasteiger partial charge >= 0.3 is 0 Å². The molecule has 4 rings (SSSR count). The van der Waals surface area contributed by atoms with Crippen LogP contribution in [0.5, 0.6) is 11.5 Å². The van der Waals surface area contributed by atoms with Crippen molar-refractivity contribution in [2.75, 3.05) is 36.4 Å². The molecule has 164 valence electrons. The first-order valence-corrected chi connectivity index (χ1v) is 12.4. The van der Waals surface area contributed by atoms with Crippen LogP contribution in [0.15, 0.2) is 47.5 Å². The van der Waals surface area contributed by atoms with Gasteiger partial charge in [0.1, 0.15) is 11.5 Å². The molecule has 1 fully saturated rings. The Bertz CT molecular complexity index is 1120. The Kier molecular flexibility index (Phi) is 6.10. The van der Waals surface area contributed by atoms with Gasteiger partial charge in [0.2, 0.25) is 5.91 Å². The normalized spacial score (nSPS) is 21.2. The third kappa shape index (κ3) is 5.13. The van der Waals surface area contributed by atoms with Crippen LogP contribution in [0.3, 0.4) is 0 Å². The lowest BCUT2D eigenvalue weighted by Gasteiger charge is -2.12. The van der Waals surface area contributed by atoms with Gasteiger partial charge in [-0.25, -0.2) is 8.42 Å². The number of fused-ring (bicyclic) bond motifs is 1. The summed E-state index contributed by atoms with van der Waals surface area (Å²) in [7, 11) is 0.148. The summed E-state index contributed by atoms with van der Waals surface area (Å²) in [5.74, 6) is 1.32. The average Bonchev–Trinajstić information content (AvgIpc) is 3.21. The molecule has 2 aromatic carbocycles. The maximum Gasteiger partial charge on any atom is 0.228 e. The standard InChI is InChI=1S/C21H23N3O5S2/c1-28-15-7-8-18(29-2)16(10-15)23-20(25)9-13-3-5-14(6-4-13)22-21-24-17-11-31(26,27)12-19(17)30-21/h3-8,10,17,19H,9,11-12H2,1-2H3,(H,22,24)(H,23,25)/t17-,19+/m1/s1. The number of hydrogen-bond donors (Lipinski definition) is 2. The summed E-state index contributed by atoms with van der Waals surface area (Å²) >= 11 is 1.47. The number of methoxy groups -OCH3 is 2. The second kappa shape index (κ2) is 8.80. The molecule has 2 atom stereocenters. The third-order valence-corrected chi connectivity index (χ3v) is 8.21. The molecule has 2 aromatic rings. The van der Waals surface area contributed by atoms with Crippen molar-refractivity contribution in [3.8, 4) is 11.5 Å². The van der Waals surface area contributed by atoms with Crippen LogP contribution < -0.4 is 20.1 Å². The molecule has 0 unspecified atom stereocenters. The van der Waals surface area contributed by atoms with Crippen molar-refractivity contribution < 1.29 is 22.7 Å². The van der Waals surface area contributed by atoms with Gasteiger partial charge in [-0.15, -0.1) is 0 Å². The van der Waals surface area contributed by atoms with Gasteiger partial charge in [0.15, 0.2) is 15.0 Å². The Morgan fingerprint density at radius 2 is 1.90 bits per heavy atom. The molecule has 10 heteroatoms. The zero-order valence-electron chi connectivity index (χ0n) is 17.1. The van der Waals surface area contributed by atoms with Gasteiger partial charge in [-0.2, -0.15) is 0 Å². The minimum atomic E-state index is -2.96. The van der Waals surface area contributed by atoms with Crippen molar-refractivity contribution in [1.82, 2.24) is 0 Å². The Hall–Kier alpha value is -2.72. The monoisotopic (exact) mass is 461 g/mol. The predicted molar refractivity (Wildman–Crippen MR) is 123 cm³/mol. The topological polar surface area (TPSA) is 106 Å². The van der Waals surface area contributed by atoms with Crippen LogP contribution in [0, 0.1) is 0 Å². The minimum absolute atomic E-state index is 0.00377. The summed E-state index contributed by atoms with van der Waals surface area (Å²) < 4.78 is 33.8. The lowest BCUT2D eigenvalue weighted by Crippen LogP contribution is -2.15. The number of nitrogens with zero attached hydrogens (tertiary/aromatic N) is 1. The first kappa shape index (κ1) is 21.5. The van der Waals surface area contributed by atoms with E-state index in [1.807, 2.05) is 24.3 Å². The lowest BCUT2D eigenvalue weighted by molar-refractivity contribution is -0.115. The Balaban J connectivity index is 1.34. The highest BCUT2D eigenvalue weighted by atomic mass is 32.2. The van der Waals surface area contributed by atoms with Gasteiger partial charge in [-0.05, 0) is 29.8 Å². The quantitative estimate of drug-likeness (QED) is 0.681. The van der Waals surface area contributed by atoms with Crippen molar-refractivity contribution in [3.63, 3.8) is 0 Å². The second-order valence-corrected chi connectivity index (χ2v) is 10.7. The van der Waals surface area contributed by atoms with E-state index in [4.69, 9.17) is 9.47 Å². The van der Waals surface area contributed by atoms with Gasteiger partial charge in [0.25, 0.3) is 0 Å². The largest absolute Gasteiger partial charge is 0.497 e. The van der Waals surface area contributed by atoms with Crippen LogP contribution in [-0.2, 0) is 21.1 Å². The minimum Gasteiger partial charge on any atom is -0.497 e. The molecule has 0 saturated carbocycles. The number of carbonyl (C=O) groups excluding carboxylic acids is 1. The molecule has 8 nitrogen and oxygen atoms in total. The van der Waals surface area contributed by atoms with Crippen LogP contribution in [0.1, 0.15) is 5.56 Å². The number of carbonyl (C=O) groups is 1. The van der Waals surface area contributed by atoms with E-state index in [1.54, 1.807) is 32.4 Å². The molecule has 1 saturated heterocycles. The molecule has 0 spiro atoms. The van der Waals surface area contributed by atoms with E-state index in [9.17, 15) is 13.2 Å². The van der Waals surface area contributed by atoms with Crippen molar-refractivity contribution in [3.05, 3.63) is 48.0 Å². The summed E-state index contributed by atoms with van der Waals surface area (Å²) in [5.41, 5.74) is 2.25. The van der Waals surface area contributed by atoms with Crippen LogP contribution in [-0.4, -0.2) is 56.5 Å². The zero-order chi connectivity index (χ0) is 22.0. The molecule has 2 heterocycles. The van der Waals surface area contributed by atoms with Crippen LogP contribution in [0.4, 0.5) is 11.4 Å². The van der Waals surface area contributed by atoms with E-state index >= 15 is 0 Å². The van der Waals surface area contributed by atoms with Crippen LogP contribution >= 0.6 is 11.8 Å². The number of amides is 1. The number of nitrogens with one attached hydrogen (secondary N) is 2. The number of sulfone groups is 1. The molecular formula is C21H23N3O5S2. The van der Waals surface area contributed by atoms with E-state index in [1.165, 1.54) is 11.8 Å². The summed E-state index contributed by atoms with van der Waals surface area (Å²) in [6, 6.07) is 12.6.